The van der Waals surface area contributed by atoms with E-state index in [4.69, 9.17) is 37.3 Å². The molecular formula is C19H40O8Si. The zero-order valence-corrected chi connectivity index (χ0v) is 19.8. The van der Waals surface area contributed by atoms with Crippen LogP contribution in [0.25, 0.3) is 0 Å². The van der Waals surface area contributed by atoms with Gasteiger partial charge in [-0.3, -0.25) is 4.74 Å². The van der Waals surface area contributed by atoms with Crippen molar-refractivity contribution in [3.63, 3.8) is 0 Å². The van der Waals surface area contributed by atoms with Crippen LogP contribution in [0.1, 0.15) is 60.3 Å². The fraction of sp³-hybridized carbons (Fsp3) is 1.00. The third-order valence-electron chi connectivity index (χ3n) is 4.75. The summed E-state index contributed by atoms with van der Waals surface area (Å²) in [5.41, 5.74) is -0.301. The van der Waals surface area contributed by atoms with Gasteiger partial charge < -0.3 is 32.5 Å². The molecule has 0 bridgehead atoms. The first-order valence-electron chi connectivity index (χ1n) is 10.3. The zero-order chi connectivity index (χ0) is 21.2. The highest BCUT2D eigenvalue weighted by molar-refractivity contribution is 6.67. The van der Waals surface area contributed by atoms with Crippen LogP contribution in [0.5, 0.6) is 0 Å². The van der Waals surface area contributed by atoms with E-state index in [1.165, 1.54) is 0 Å². The Balaban J connectivity index is 2.94. The Morgan fingerprint density at radius 3 is 1.86 bits per heavy atom. The minimum atomic E-state index is -2.86. The SMILES string of the molecule is CCC(OC(CC)[Si](C)(OC(C)OC)OC(C)OC)OC1(CC)OCCCO1. The molecule has 0 aromatic rings. The molecule has 28 heavy (non-hydrogen) atoms. The van der Waals surface area contributed by atoms with E-state index in [0.29, 0.717) is 32.5 Å². The summed E-state index contributed by atoms with van der Waals surface area (Å²) in [6, 6.07) is 0. The molecule has 1 aliphatic rings. The molecule has 0 aliphatic carbocycles. The molecule has 0 amide bonds. The molecule has 0 aromatic heterocycles. The van der Waals surface area contributed by atoms with Gasteiger partial charge in [-0.15, -0.1) is 0 Å². The van der Waals surface area contributed by atoms with Crippen molar-refractivity contribution < 1.29 is 37.3 Å². The molecule has 0 radical (unpaired) electrons. The third kappa shape index (κ3) is 7.62. The number of methoxy groups -OCH3 is 2. The number of hydrogen-bond acceptors (Lipinski definition) is 8. The molecule has 0 N–H and O–H groups in total. The summed E-state index contributed by atoms with van der Waals surface area (Å²) in [7, 11) is 0.338. The number of hydrogen-bond donors (Lipinski definition) is 0. The Morgan fingerprint density at radius 2 is 1.46 bits per heavy atom. The standard InChI is InChI=1S/C19H40O8Si/c1-9-17(25-19(11-3)22-13-12-14-23-19)24-18(10-2)28(8,26-15(4)20-6)27-16(5)21-7/h15-18H,9-14H2,1-8H3. The van der Waals surface area contributed by atoms with E-state index >= 15 is 0 Å². The fourth-order valence-corrected chi connectivity index (χ4v) is 6.04. The summed E-state index contributed by atoms with van der Waals surface area (Å²) >= 11 is 0. The molecule has 1 heterocycles. The molecule has 0 saturated carbocycles. The molecule has 168 valence electrons. The van der Waals surface area contributed by atoms with Crippen LogP contribution >= 0.6 is 0 Å². The molecule has 9 heteroatoms. The van der Waals surface area contributed by atoms with Gasteiger partial charge in [0.25, 0.3) is 5.97 Å². The summed E-state index contributed by atoms with van der Waals surface area (Å²) in [5.74, 6) is -1.06. The van der Waals surface area contributed by atoms with Crippen molar-refractivity contribution in [2.75, 3.05) is 27.4 Å². The maximum Gasteiger partial charge on any atom is 0.368 e. The lowest BCUT2D eigenvalue weighted by atomic mass is 10.3. The van der Waals surface area contributed by atoms with E-state index in [2.05, 4.69) is 0 Å². The summed E-state index contributed by atoms with van der Waals surface area (Å²) in [4.78, 5) is 0. The van der Waals surface area contributed by atoms with Gasteiger partial charge in [0.05, 0.1) is 13.2 Å². The van der Waals surface area contributed by atoms with Crippen LogP contribution in [-0.2, 0) is 37.3 Å². The minimum Gasteiger partial charge on any atom is -0.366 e. The largest absolute Gasteiger partial charge is 0.368 e. The molecule has 1 saturated heterocycles. The Morgan fingerprint density at radius 1 is 0.929 bits per heavy atom. The molecule has 4 atom stereocenters. The lowest BCUT2D eigenvalue weighted by molar-refractivity contribution is -0.436. The summed E-state index contributed by atoms with van der Waals surface area (Å²) in [6.45, 7) is 12.9. The second-order valence-electron chi connectivity index (χ2n) is 6.93. The van der Waals surface area contributed by atoms with Gasteiger partial charge in [-0.25, -0.2) is 0 Å². The van der Waals surface area contributed by atoms with Crippen LogP contribution in [-0.4, -0.2) is 66.6 Å². The monoisotopic (exact) mass is 424 g/mol. The van der Waals surface area contributed by atoms with E-state index in [0.717, 1.165) is 6.42 Å². The van der Waals surface area contributed by atoms with Gasteiger partial charge >= 0.3 is 8.56 Å². The first-order valence-corrected chi connectivity index (χ1v) is 12.7. The highest BCUT2D eigenvalue weighted by atomic mass is 28.4. The van der Waals surface area contributed by atoms with E-state index in [1.54, 1.807) is 14.2 Å². The predicted octanol–water partition coefficient (Wildman–Crippen LogP) is 3.66. The third-order valence-corrected chi connectivity index (χ3v) is 8.06. The van der Waals surface area contributed by atoms with Gasteiger partial charge in [0.1, 0.15) is 18.3 Å². The van der Waals surface area contributed by atoms with Crippen molar-refractivity contribution in [2.45, 2.75) is 97.4 Å². The van der Waals surface area contributed by atoms with Crippen molar-refractivity contribution in [3.05, 3.63) is 0 Å². The normalized spacial score (nSPS) is 23.6. The van der Waals surface area contributed by atoms with Gasteiger partial charge in [-0.2, -0.15) is 0 Å². The van der Waals surface area contributed by atoms with Crippen LogP contribution in [0.4, 0.5) is 0 Å². The van der Waals surface area contributed by atoms with E-state index in [9.17, 15) is 0 Å². The van der Waals surface area contributed by atoms with E-state index in [-0.39, 0.29) is 5.73 Å². The van der Waals surface area contributed by atoms with Crippen molar-refractivity contribution >= 4 is 8.56 Å². The predicted molar refractivity (Wildman–Crippen MR) is 107 cm³/mol. The van der Waals surface area contributed by atoms with Crippen LogP contribution < -0.4 is 0 Å². The second kappa shape index (κ2) is 12.6. The molecular weight excluding hydrogens is 384 g/mol. The van der Waals surface area contributed by atoms with Crippen LogP contribution in [0, 0.1) is 0 Å². The van der Waals surface area contributed by atoms with Gasteiger partial charge in [0, 0.05) is 20.6 Å². The molecule has 0 spiro atoms. The maximum atomic E-state index is 6.35. The van der Waals surface area contributed by atoms with Crippen molar-refractivity contribution in [1.82, 2.24) is 0 Å². The van der Waals surface area contributed by atoms with Crippen LogP contribution in [0.15, 0.2) is 0 Å². The minimum absolute atomic E-state index is 0.301. The summed E-state index contributed by atoms with van der Waals surface area (Å²) in [5, 5.41) is 0. The van der Waals surface area contributed by atoms with Crippen molar-refractivity contribution in [2.24, 2.45) is 0 Å². The summed E-state index contributed by atoms with van der Waals surface area (Å²) < 4.78 is 47.1. The highest BCUT2D eigenvalue weighted by Crippen LogP contribution is 2.30. The lowest BCUT2D eigenvalue weighted by Crippen LogP contribution is -2.57. The number of rotatable bonds is 14. The van der Waals surface area contributed by atoms with Gasteiger partial charge in [0.2, 0.25) is 0 Å². The quantitative estimate of drug-likeness (QED) is 0.309. The first kappa shape index (κ1) is 25.9. The van der Waals surface area contributed by atoms with Crippen molar-refractivity contribution in [1.29, 1.82) is 0 Å². The maximum absolute atomic E-state index is 6.35. The Kier molecular flexibility index (Phi) is 11.6. The Bertz CT molecular complexity index is 407. The number of ether oxygens (including phenoxy) is 6. The molecule has 4 unspecified atom stereocenters. The molecule has 0 aromatic carbocycles. The van der Waals surface area contributed by atoms with Crippen LogP contribution in [0.2, 0.25) is 6.55 Å². The average Bonchev–Trinajstić information content (AvgIpc) is 2.71. The van der Waals surface area contributed by atoms with Crippen molar-refractivity contribution in [3.8, 4) is 0 Å². The molecule has 8 nitrogen and oxygen atoms in total. The summed E-state index contributed by atoms with van der Waals surface area (Å²) in [6.07, 6.45) is 1.39. The van der Waals surface area contributed by atoms with Gasteiger partial charge in [-0.1, -0.05) is 20.8 Å². The highest BCUT2D eigenvalue weighted by Gasteiger charge is 2.47. The lowest BCUT2D eigenvalue weighted by Gasteiger charge is -2.41. The average molecular weight is 425 g/mol. The molecule has 1 aliphatic heterocycles. The fourth-order valence-electron chi connectivity index (χ4n) is 3.03. The molecule has 1 rings (SSSR count). The Labute approximate surface area is 171 Å². The second-order valence-corrected chi connectivity index (χ2v) is 10.1. The Hall–Kier alpha value is -0.103. The van der Waals surface area contributed by atoms with Gasteiger partial charge in [0.15, 0.2) is 6.29 Å². The first-order chi connectivity index (χ1) is 13.3. The van der Waals surface area contributed by atoms with E-state index < -0.39 is 33.4 Å². The molecule has 1 fully saturated rings. The zero-order valence-electron chi connectivity index (χ0n) is 18.8. The van der Waals surface area contributed by atoms with Gasteiger partial charge in [-0.05, 0) is 39.7 Å². The smallest absolute Gasteiger partial charge is 0.366 e. The van der Waals surface area contributed by atoms with Crippen LogP contribution in [0.3, 0.4) is 0 Å². The van der Waals surface area contributed by atoms with E-state index in [1.807, 2.05) is 41.2 Å². The topological polar surface area (TPSA) is 73.8 Å².